The van der Waals surface area contributed by atoms with E-state index in [9.17, 15) is 4.79 Å². The first-order valence-corrected chi connectivity index (χ1v) is 5.28. The number of hydrogen-bond acceptors (Lipinski definition) is 4. The quantitative estimate of drug-likeness (QED) is 0.785. The van der Waals surface area contributed by atoms with Gasteiger partial charge in [0.15, 0.2) is 0 Å². The molecule has 5 heteroatoms. The van der Waals surface area contributed by atoms with Gasteiger partial charge in [0.2, 0.25) is 5.95 Å². The lowest BCUT2D eigenvalue weighted by molar-refractivity contribution is 0.0950. The van der Waals surface area contributed by atoms with Crippen molar-refractivity contribution < 1.29 is 4.79 Å². The lowest BCUT2D eigenvalue weighted by atomic mass is 9.91. The maximum absolute atomic E-state index is 11.6. The number of aromatic nitrogens is 2. The van der Waals surface area contributed by atoms with Gasteiger partial charge in [-0.1, -0.05) is 20.8 Å². The third kappa shape index (κ3) is 2.92. The van der Waals surface area contributed by atoms with Crippen LogP contribution in [0.15, 0.2) is 6.07 Å². The number of nitrogens with two attached hydrogens (primary N) is 1. The third-order valence-electron chi connectivity index (χ3n) is 2.08. The molecular weight excluding hydrogens is 204 g/mol. The summed E-state index contributed by atoms with van der Waals surface area (Å²) in [7, 11) is 0. The molecule has 3 N–H and O–H groups in total. The summed E-state index contributed by atoms with van der Waals surface area (Å²) in [4.78, 5) is 19.7. The number of anilines is 1. The van der Waals surface area contributed by atoms with E-state index in [0.29, 0.717) is 12.2 Å². The molecule has 0 spiro atoms. The van der Waals surface area contributed by atoms with Crippen LogP contribution in [0.4, 0.5) is 5.95 Å². The van der Waals surface area contributed by atoms with Crippen molar-refractivity contribution in [3.05, 3.63) is 17.5 Å². The highest BCUT2D eigenvalue weighted by Gasteiger charge is 2.19. The maximum atomic E-state index is 11.6. The summed E-state index contributed by atoms with van der Waals surface area (Å²) >= 11 is 0. The molecule has 0 saturated carbocycles. The Hall–Kier alpha value is -1.65. The molecule has 0 aliphatic carbocycles. The number of nitrogens with one attached hydrogen (secondary N) is 1. The van der Waals surface area contributed by atoms with E-state index in [2.05, 4.69) is 15.3 Å². The van der Waals surface area contributed by atoms with Gasteiger partial charge >= 0.3 is 0 Å². The third-order valence-corrected chi connectivity index (χ3v) is 2.08. The zero-order chi connectivity index (χ0) is 12.3. The van der Waals surface area contributed by atoms with E-state index in [1.54, 1.807) is 6.07 Å². The highest BCUT2D eigenvalue weighted by molar-refractivity contribution is 5.92. The Morgan fingerprint density at radius 3 is 2.56 bits per heavy atom. The second-order valence-electron chi connectivity index (χ2n) is 4.61. The Bertz CT molecular complexity index is 395. The number of hydrogen-bond donors (Lipinski definition) is 2. The SMILES string of the molecule is CCNC(=O)c1cc(C(C)(C)C)nc(N)n1. The Morgan fingerprint density at radius 1 is 1.44 bits per heavy atom. The van der Waals surface area contributed by atoms with E-state index in [4.69, 9.17) is 5.73 Å². The van der Waals surface area contributed by atoms with Gasteiger partial charge in [-0.15, -0.1) is 0 Å². The predicted octanol–water partition coefficient (Wildman–Crippen LogP) is 1.11. The highest BCUT2D eigenvalue weighted by atomic mass is 16.1. The molecule has 0 bridgehead atoms. The van der Waals surface area contributed by atoms with E-state index in [0.717, 1.165) is 5.69 Å². The minimum atomic E-state index is -0.220. The molecule has 0 aliphatic rings. The lowest BCUT2D eigenvalue weighted by Crippen LogP contribution is -2.26. The first-order chi connectivity index (χ1) is 7.34. The number of nitrogens with zero attached hydrogens (tertiary/aromatic N) is 2. The number of carbonyl (C=O) groups is 1. The minimum absolute atomic E-state index is 0.133. The fourth-order valence-corrected chi connectivity index (χ4v) is 1.22. The first kappa shape index (κ1) is 12.4. The minimum Gasteiger partial charge on any atom is -0.368 e. The van der Waals surface area contributed by atoms with Crippen molar-refractivity contribution in [2.24, 2.45) is 0 Å². The van der Waals surface area contributed by atoms with Crippen LogP contribution in [0.25, 0.3) is 0 Å². The summed E-state index contributed by atoms with van der Waals surface area (Å²) in [5.74, 6) is -0.0872. The Balaban J connectivity index is 3.13. The molecular formula is C11H18N4O. The summed E-state index contributed by atoms with van der Waals surface area (Å²) in [6.07, 6.45) is 0. The zero-order valence-electron chi connectivity index (χ0n) is 10.2. The Kier molecular flexibility index (Phi) is 3.47. The highest BCUT2D eigenvalue weighted by Crippen LogP contribution is 2.21. The van der Waals surface area contributed by atoms with Gasteiger partial charge in [-0.2, -0.15) is 0 Å². The molecule has 88 valence electrons. The molecule has 0 aromatic carbocycles. The first-order valence-electron chi connectivity index (χ1n) is 5.28. The van der Waals surface area contributed by atoms with Crippen LogP contribution in [0.5, 0.6) is 0 Å². The van der Waals surface area contributed by atoms with Crippen LogP contribution < -0.4 is 11.1 Å². The zero-order valence-corrected chi connectivity index (χ0v) is 10.2. The summed E-state index contributed by atoms with van der Waals surface area (Å²) in [6, 6.07) is 1.68. The smallest absolute Gasteiger partial charge is 0.270 e. The lowest BCUT2D eigenvalue weighted by Gasteiger charge is -2.18. The van der Waals surface area contributed by atoms with Crippen molar-refractivity contribution in [1.82, 2.24) is 15.3 Å². The maximum Gasteiger partial charge on any atom is 0.270 e. The molecule has 0 fully saturated rings. The van der Waals surface area contributed by atoms with Gasteiger partial charge in [0.25, 0.3) is 5.91 Å². The summed E-state index contributed by atoms with van der Waals surface area (Å²) in [5, 5.41) is 2.68. The second-order valence-corrected chi connectivity index (χ2v) is 4.61. The van der Waals surface area contributed by atoms with E-state index < -0.39 is 0 Å². The molecule has 0 aliphatic heterocycles. The number of amides is 1. The normalized spacial score (nSPS) is 11.2. The van der Waals surface area contributed by atoms with Crippen molar-refractivity contribution in [2.45, 2.75) is 33.1 Å². The van der Waals surface area contributed by atoms with Gasteiger partial charge in [0.1, 0.15) is 5.69 Å². The molecule has 1 aromatic heterocycles. The number of nitrogen functional groups attached to an aromatic ring is 1. The van der Waals surface area contributed by atoms with Gasteiger partial charge in [0, 0.05) is 12.0 Å². The van der Waals surface area contributed by atoms with Crippen molar-refractivity contribution in [3.63, 3.8) is 0 Å². The molecule has 16 heavy (non-hydrogen) atoms. The summed E-state index contributed by atoms with van der Waals surface area (Å²) in [5.41, 5.74) is 6.52. The Morgan fingerprint density at radius 2 is 2.06 bits per heavy atom. The van der Waals surface area contributed by atoms with Crippen LogP contribution >= 0.6 is 0 Å². The molecule has 1 heterocycles. The van der Waals surface area contributed by atoms with Crippen LogP contribution in [-0.2, 0) is 5.41 Å². The molecule has 1 amide bonds. The molecule has 5 nitrogen and oxygen atoms in total. The number of carbonyl (C=O) groups excluding carboxylic acids is 1. The molecule has 0 atom stereocenters. The molecule has 1 rings (SSSR count). The predicted molar refractivity (Wildman–Crippen MR) is 63.2 cm³/mol. The van der Waals surface area contributed by atoms with Crippen LogP contribution in [0.1, 0.15) is 43.9 Å². The van der Waals surface area contributed by atoms with Gasteiger partial charge in [-0.3, -0.25) is 4.79 Å². The van der Waals surface area contributed by atoms with Crippen molar-refractivity contribution in [2.75, 3.05) is 12.3 Å². The molecule has 0 unspecified atom stereocenters. The van der Waals surface area contributed by atoms with E-state index in [1.807, 2.05) is 27.7 Å². The summed E-state index contributed by atoms with van der Waals surface area (Å²) in [6.45, 7) is 8.45. The van der Waals surface area contributed by atoms with Crippen LogP contribution in [0.3, 0.4) is 0 Å². The van der Waals surface area contributed by atoms with Crippen LogP contribution in [-0.4, -0.2) is 22.4 Å². The fourth-order valence-electron chi connectivity index (χ4n) is 1.22. The van der Waals surface area contributed by atoms with Crippen molar-refractivity contribution >= 4 is 11.9 Å². The number of rotatable bonds is 2. The van der Waals surface area contributed by atoms with Gasteiger partial charge in [0.05, 0.1) is 5.69 Å². The van der Waals surface area contributed by atoms with Crippen LogP contribution in [0, 0.1) is 0 Å². The van der Waals surface area contributed by atoms with Crippen molar-refractivity contribution in [1.29, 1.82) is 0 Å². The van der Waals surface area contributed by atoms with E-state index >= 15 is 0 Å². The summed E-state index contributed by atoms with van der Waals surface area (Å²) < 4.78 is 0. The standard InChI is InChI=1S/C11H18N4O/c1-5-13-9(16)7-6-8(11(2,3)4)15-10(12)14-7/h6H,5H2,1-4H3,(H,13,16)(H2,12,14,15). The largest absolute Gasteiger partial charge is 0.368 e. The molecule has 0 radical (unpaired) electrons. The van der Waals surface area contributed by atoms with Gasteiger partial charge in [-0.05, 0) is 13.0 Å². The fraction of sp³-hybridized carbons (Fsp3) is 0.545. The average Bonchev–Trinajstić information content (AvgIpc) is 2.16. The average molecular weight is 222 g/mol. The molecule has 0 saturated heterocycles. The molecule has 1 aromatic rings. The second kappa shape index (κ2) is 4.47. The Labute approximate surface area is 95.5 Å². The topological polar surface area (TPSA) is 80.9 Å². The van der Waals surface area contributed by atoms with Crippen LogP contribution in [0.2, 0.25) is 0 Å². The van der Waals surface area contributed by atoms with E-state index in [1.165, 1.54) is 0 Å². The van der Waals surface area contributed by atoms with Crippen molar-refractivity contribution in [3.8, 4) is 0 Å². The monoisotopic (exact) mass is 222 g/mol. The van der Waals surface area contributed by atoms with Gasteiger partial charge in [-0.25, -0.2) is 9.97 Å². The van der Waals surface area contributed by atoms with Gasteiger partial charge < -0.3 is 11.1 Å². The van der Waals surface area contributed by atoms with E-state index in [-0.39, 0.29) is 17.3 Å².